The largest absolute Gasteiger partial charge is 0.433 e. The van der Waals surface area contributed by atoms with Crippen LogP contribution in [-0.4, -0.2) is 9.97 Å². The molecule has 0 amide bonds. The summed E-state index contributed by atoms with van der Waals surface area (Å²) in [4.78, 5) is 9.71. The van der Waals surface area contributed by atoms with E-state index in [2.05, 4.69) is 28.3 Å². The van der Waals surface area contributed by atoms with Gasteiger partial charge in [0.1, 0.15) is 5.69 Å². The Morgan fingerprint density at radius 3 is 2.67 bits per heavy atom. The predicted molar refractivity (Wildman–Crippen MR) is 77.5 cm³/mol. The fourth-order valence-corrected chi connectivity index (χ4v) is 3.08. The number of nitrogens with one attached hydrogen (secondary N) is 1. The van der Waals surface area contributed by atoms with Gasteiger partial charge in [0.05, 0.1) is 6.04 Å². The first kappa shape index (κ1) is 15.8. The van der Waals surface area contributed by atoms with Crippen LogP contribution in [0.25, 0.3) is 0 Å². The topological polar surface area (TPSA) is 37.8 Å². The van der Waals surface area contributed by atoms with Gasteiger partial charge < -0.3 is 5.32 Å². The molecule has 0 saturated carbocycles. The molecule has 7 heteroatoms. The average molecular weight is 315 g/mol. The third-order valence-electron chi connectivity index (χ3n) is 3.08. The van der Waals surface area contributed by atoms with Crippen molar-refractivity contribution in [2.24, 2.45) is 0 Å². The number of nitrogens with zero attached hydrogens (tertiary/aromatic N) is 2. The fourth-order valence-electron chi connectivity index (χ4n) is 1.96. The number of alkyl halides is 3. The van der Waals surface area contributed by atoms with E-state index in [-0.39, 0.29) is 12.0 Å². The summed E-state index contributed by atoms with van der Waals surface area (Å²) in [5.74, 6) is -0.0126. The molecule has 2 heterocycles. The molecular weight excluding hydrogens is 299 g/mol. The SMILES string of the molecule is CCc1sc(C(C)Nc2nccc(C(F)(F)F)n2)cc1C. The van der Waals surface area contributed by atoms with Crippen LogP contribution in [0.3, 0.4) is 0 Å². The molecule has 21 heavy (non-hydrogen) atoms. The van der Waals surface area contributed by atoms with E-state index in [0.717, 1.165) is 23.6 Å². The lowest BCUT2D eigenvalue weighted by Gasteiger charge is -2.13. The molecule has 0 radical (unpaired) electrons. The quantitative estimate of drug-likeness (QED) is 0.896. The molecule has 1 unspecified atom stereocenters. The van der Waals surface area contributed by atoms with Crippen molar-refractivity contribution in [3.63, 3.8) is 0 Å². The summed E-state index contributed by atoms with van der Waals surface area (Å²) in [6.45, 7) is 6.00. The second kappa shape index (κ2) is 6.01. The van der Waals surface area contributed by atoms with Crippen LogP contribution in [0.15, 0.2) is 18.3 Å². The second-order valence-corrected chi connectivity index (χ2v) is 5.91. The molecular formula is C14H16F3N3S. The van der Waals surface area contributed by atoms with Gasteiger partial charge in [0.25, 0.3) is 0 Å². The summed E-state index contributed by atoms with van der Waals surface area (Å²) >= 11 is 1.66. The molecule has 1 atom stereocenters. The monoisotopic (exact) mass is 315 g/mol. The Balaban J connectivity index is 2.17. The first-order chi connectivity index (χ1) is 9.81. The van der Waals surface area contributed by atoms with Gasteiger partial charge in [0.15, 0.2) is 0 Å². The zero-order valence-corrected chi connectivity index (χ0v) is 12.8. The number of rotatable bonds is 4. The van der Waals surface area contributed by atoms with Crippen LogP contribution in [0.5, 0.6) is 0 Å². The minimum Gasteiger partial charge on any atom is -0.347 e. The van der Waals surface area contributed by atoms with E-state index in [1.54, 1.807) is 11.3 Å². The van der Waals surface area contributed by atoms with Crippen LogP contribution in [0.1, 0.15) is 40.9 Å². The zero-order valence-electron chi connectivity index (χ0n) is 12.0. The number of anilines is 1. The van der Waals surface area contributed by atoms with Crippen molar-refractivity contribution in [3.8, 4) is 0 Å². The van der Waals surface area contributed by atoms with Crippen molar-refractivity contribution in [2.75, 3.05) is 5.32 Å². The van der Waals surface area contributed by atoms with Gasteiger partial charge in [0, 0.05) is 16.0 Å². The molecule has 0 saturated heterocycles. The number of thiophene rings is 1. The molecule has 114 valence electrons. The normalized spacial score (nSPS) is 13.2. The van der Waals surface area contributed by atoms with Crippen LogP contribution in [0.4, 0.5) is 19.1 Å². The molecule has 3 nitrogen and oxygen atoms in total. The van der Waals surface area contributed by atoms with Crippen molar-refractivity contribution in [2.45, 2.75) is 39.4 Å². The van der Waals surface area contributed by atoms with Crippen LogP contribution in [0, 0.1) is 6.92 Å². The lowest BCUT2D eigenvalue weighted by molar-refractivity contribution is -0.141. The van der Waals surface area contributed by atoms with E-state index < -0.39 is 11.9 Å². The van der Waals surface area contributed by atoms with Crippen molar-refractivity contribution in [1.29, 1.82) is 0 Å². The molecule has 1 N–H and O–H groups in total. The smallest absolute Gasteiger partial charge is 0.347 e. The molecule has 0 aliphatic rings. The Kier molecular flexibility index (Phi) is 4.51. The number of aryl methyl sites for hydroxylation is 2. The van der Waals surface area contributed by atoms with Crippen LogP contribution < -0.4 is 5.32 Å². The third kappa shape index (κ3) is 3.72. The Labute approximate surface area is 125 Å². The van der Waals surface area contributed by atoms with Gasteiger partial charge in [-0.05, 0) is 38.0 Å². The number of hydrogen-bond acceptors (Lipinski definition) is 4. The summed E-state index contributed by atoms with van der Waals surface area (Å²) in [6.07, 6.45) is -2.40. The van der Waals surface area contributed by atoms with Gasteiger partial charge in [-0.25, -0.2) is 9.97 Å². The molecule has 0 bridgehead atoms. The summed E-state index contributed by atoms with van der Waals surface area (Å²) in [5, 5.41) is 2.92. The Morgan fingerprint density at radius 1 is 1.38 bits per heavy atom. The molecule has 2 rings (SSSR count). The molecule has 0 fully saturated rings. The number of aromatic nitrogens is 2. The van der Waals surface area contributed by atoms with E-state index >= 15 is 0 Å². The lowest BCUT2D eigenvalue weighted by atomic mass is 10.2. The number of hydrogen-bond donors (Lipinski definition) is 1. The predicted octanol–water partition coefficient (Wildman–Crippen LogP) is 4.60. The molecule has 2 aromatic rings. The van der Waals surface area contributed by atoms with Gasteiger partial charge >= 0.3 is 6.18 Å². The van der Waals surface area contributed by atoms with E-state index in [4.69, 9.17) is 0 Å². The van der Waals surface area contributed by atoms with E-state index in [9.17, 15) is 13.2 Å². The highest BCUT2D eigenvalue weighted by atomic mass is 32.1. The third-order valence-corrected chi connectivity index (χ3v) is 4.64. The number of halogens is 3. The van der Waals surface area contributed by atoms with E-state index in [0.29, 0.717) is 0 Å². The fraction of sp³-hybridized carbons (Fsp3) is 0.429. The van der Waals surface area contributed by atoms with Gasteiger partial charge in [-0.15, -0.1) is 11.3 Å². The molecule has 0 aliphatic heterocycles. The Bertz CT molecular complexity index is 622. The van der Waals surface area contributed by atoms with E-state index in [1.807, 2.05) is 13.8 Å². The van der Waals surface area contributed by atoms with Crippen LogP contribution in [-0.2, 0) is 12.6 Å². The van der Waals surface area contributed by atoms with Crippen molar-refractivity contribution in [1.82, 2.24) is 9.97 Å². The van der Waals surface area contributed by atoms with Gasteiger partial charge in [-0.2, -0.15) is 13.2 Å². The van der Waals surface area contributed by atoms with Crippen molar-refractivity contribution in [3.05, 3.63) is 39.3 Å². The lowest BCUT2D eigenvalue weighted by Crippen LogP contribution is -2.13. The highest BCUT2D eigenvalue weighted by Gasteiger charge is 2.32. The van der Waals surface area contributed by atoms with Gasteiger partial charge in [-0.1, -0.05) is 6.92 Å². The molecule has 0 aliphatic carbocycles. The van der Waals surface area contributed by atoms with Crippen LogP contribution >= 0.6 is 11.3 Å². The molecule has 0 spiro atoms. The average Bonchev–Trinajstić information content (AvgIpc) is 2.79. The molecule has 0 aromatic carbocycles. The van der Waals surface area contributed by atoms with Crippen LogP contribution in [0.2, 0.25) is 0 Å². The zero-order chi connectivity index (χ0) is 15.6. The summed E-state index contributed by atoms with van der Waals surface area (Å²) in [6, 6.07) is 2.77. The minimum atomic E-state index is -4.46. The highest BCUT2D eigenvalue weighted by Crippen LogP contribution is 2.30. The summed E-state index contributed by atoms with van der Waals surface area (Å²) < 4.78 is 37.8. The standard InChI is InChI=1S/C14H16F3N3S/c1-4-10-8(2)7-11(21-10)9(3)19-13-18-6-5-12(20-13)14(15,16)17/h5-7,9H,4H2,1-3H3,(H,18,19,20). The Hall–Kier alpha value is -1.63. The maximum atomic E-state index is 12.6. The Morgan fingerprint density at radius 2 is 2.10 bits per heavy atom. The first-order valence-electron chi connectivity index (χ1n) is 6.57. The highest BCUT2D eigenvalue weighted by molar-refractivity contribution is 7.12. The molecule has 2 aromatic heterocycles. The first-order valence-corrected chi connectivity index (χ1v) is 7.39. The second-order valence-electron chi connectivity index (χ2n) is 4.74. The summed E-state index contributed by atoms with van der Waals surface area (Å²) in [5.41, 5.74) is 0.264. The van der Waals surface area contributed by atoms with Crippen molar-refractivity contribution < 1.29 is 13.2 Å². The van der Waals surface area contributed by atoms with E-state index in [1.165, 1.54) is 10.4 Å². The van der Waals surface area contributed by atoms with Crippen molar-refractivity contribution >= 4 is 17.3 Å². The summed E-state index contributed by atoms with van der Waals surface area (Å²) in [7, 11) is 0. The maximum absolute atomic E-state index is 12.6. The van der Waals surface area contributed by atoms with Gasteiger partial charge in [0.2, 0.25) is 5.95 Å². The van der Waals surface area contributed by atoms with Gasteiger partial charge in [-0.3, -0.25) is 0 Å². The maximum Gasteiger partial charge on any atom is 0.433 e. The minimum absolute atomic E-state index is 0.0126.